The SMILES string of the molecule is CCCCCCCCC(=O)O[C@H]1CC[C@@]2(C)C(=CCC3C4CCC(CCCCCCCC)[C@@]4(C)CCC32)C1. The quantitative estimate of drug-likeness (QED) is 0.120. The highest BCUT2D eigenvalue weighted by molar-refractivity contribution is 5.69. The van der Waals surface area contributed by atoms with Crippen LogP contribution in [-0.4, -0.2) is 12.1 Å². The second-order valence-electron chi connectivity index (χ2n) is 14.5. The Balaban J connectivity index is 1.27. The molecule has 0 bridgehead atoms. The van der Waals surface area contributed by atoms with Crippen LogP contribution in [0.25, 0.3) is 0 Å². The highest BCUT2D eigenvalue weighted by Gasteiger charge is 2.58. The van der Waals surface area contributed by atoms with Gasteiger partial charge in [-0.2, -0.15) is 0 Å². The predicted molar refractivity (Wildman–Crippen MR) is 161 cm³/mol. The van der Waals surface area contributed by atoms with Crippen LogP contribution in [0.15, 0.2) is 11.6 Å². The number of fused-ring (bicyclic) bond motifs is 5. The predicted octanol–water partition coefficient (Wildman–Crippen LogP) is 11.0. The third-order valence-electron chi connectivity index (χ3n) is 12.2. The zero-order valence-corrected chi connectivity index (χ0v) is 25.8. The number of rotatable bonds is 15. The van der Waals surface area contributed by atoms with E-state index in [-0.39, 0.29) is 12.1 Å². The van der Waals surface area contributed by atoms with Crippen molar-refractivity contribution in [3.8, 4) is 0 Å². The van der Waals surface area contributed by atoms with Crippen LogP contribution < -0.4 is 0 Å². The van der Waals surface area contributed by atoms with E-state index >= 15 is 0 Å². The van der Waals surface area contributed by atoms with Crippen LogP contribution in [0.5, 0.6) is 0 Å². The standard InChI is InChI=1S/C36H62O2/c1-5-7-9-11-13-15-17-28-20-22-32-31-21-19-29-27-30(38-34(37)18-16-14-12-10-8-6-2)23-25-36(29,4)33(31)24-26-35(28,32)3/h19,28,30-33H,5-18,20-27H2,1-4H3/t28?,30-,31?,32?,33?,35+,36-/m0/s1. The van der Waals surface area contributed by atoms with Gasteiger partial charge >= 0.3 is 5.97 Å². The number of ether oxygens (including phenoxy) is 1. The molecule has 3 fully saturated rings. The van der Waals surface area contributed by atoms with Gasteiger partial charge in [0.2, 0.25) is 0 Å². The van der Waals surface area contributed by atoms with E-state index in [0.717, 1.165) is 42.9 Å². The second-order valence-corrected chi connectivity index (χ2v) is 14.5. The van der Waals surface area contributed by atoms with Gasteiger partial charge < -0.3 is 4.74 Å². The summed E-state index contributed by atoms with van der Waals surface area (Å²) in [6, 6.07) is 0. The largest absolute Gasteiger partial charge is 0.462 e. The first kappa shape index (κ1) is 30.2. The summed E-state index contributed by atoms with van der Waals surface area (Å²) in [7, 11) is 0. The Kier molecular flexibility index (Phi) is 11.3. The van der Waals surface area contributed by atoms with Gasteiger partial charge in [-0.15, -0.1) is 0 Å². The summed E-state index contributed by atoms with van der Waals surface area (Å²) in [5, 5.41) is 0. The molecule has 0 aromatic rings. The highest BCUT2D eigenvalue weighted by Crippen LogP contribution is 2.66. The lowest BCUT2D eigenvalue weighted by molar-refractivity contribution is -0.151. The molecule has 4 rings (SSSR count). The maximum atomic E-state index is 12.6. The zero-order chi connectivity index (χ0) is 27.0. The van der Waals surface area contributed by atoms with Gasteiger partial charge in [0.1, 0.15) is 6.10 Å². The van der Waals surface area contributed by atoms with Crippen molar-refractivity contribution in [2.45, 2.75) is 175 Å². The minimum Gasteiger partial charge on any atom is -0.462 e. The lowest BCUT2D eigenvalue weighted by Gasteiger charge is -2.58. The number of allylic oxidation sites excluding steroid dienone is 1. The van der Waals surface area contributed by atoms with Crippen molar-refractivity contribution in [3.05, 3.63) is 11.6 Å². The Morgan fingerprint density at radius 3 is 2.24 bits per heavy atom. The summed E-state index contributed by atoms with van der Waals surface area (Å²) in [5.74, 6) is 3.71. The molecule has 4 aliphatic rings. The van der Waals surface area contributed by atoms with E-state index in [1.807, 2.05) is 0 Å². The van der Waals surface area contributed by atoms with Gasteiger partial charge in [-0.3, -0.25) is 4.79 Å². The summed E-state index contributed by atoms with van der Waals surface area (Å²) >= 11 is 0. The topological polar surface area (TPSA) is 26.3 Å². The van der Waals surface area contributed by atoms with Crippen LogP contribution >= 0.6 is 0 Å². The Bertz CT molecular complexity index is 769. The Morgan fingerprint density at radius 2 is 1.50 bits per heavy atom. The van der Waals surface area contributed by atoms with Crippen LogP contribution in [0.3, 0.4) is 0 Å². The molecule has 0 spiro atoms. The van der Waals surface area contributed by atoms with E-state index in [0.29, 0.717) is 17.3 Å². The van der Waals surface area contributed by atoms with E-state index in [1.54, 1.807) is 5.57 Å². The molecule has 38 heavy (non-hydrogen) atoms. The molecule has 0 radical (unpaired) electrons. The molecule has 2 heteroatoms. The number of carbonyl (C=O) groups is 1. The van der Waals surface area contributed by atoms with Gasteiger partial charge in [-0.1, -0.05) is 110 Å². The number of carbonyl (C=O) groups excluding carboxylic acids is 1. The van der Waals surface area contributed by atoms with E-state index < -0.39 is 0 Å². The fraction of sp³-hybridized carbons (Fsp3) is 0.917. The van der Waals surface area contributed by atoms with Crippen molar-refractivity contribution in [1.29, 1.82) is 0 Å². The number of esters is 1. The van der Waals surface area contributed by atoms with Gasteiger partial charge in [0.25, 0.3) is 0 Å². The maximum absolute atomic E-state index is 12.6. The van der Waals surface area contributed by atoms with Gasteiger partial charge in [0.15, 0.2) is 0 Å². The molecule has 0 saturated heterocycles. The Labute approximate surface area is 236 Å². The molecule has 0 aromatic heterocycles. The summed E-state index contributed by atoms with van der Waals surface area (Å²) in [4.78, 5) is 12.6. The molecule has 0 heterocycles. The van der Waals surface area contributed by atoms with Gasteiger partial charge in [-0.05, 0) is 92.3 Å². The van der Waals surface area contributed by atoms with Crippen molar-refractivity contribution >= 4 is 5.97 Å². The highest BCUT2D eigenvalue weighted by atomic mass is 16.5. The lowest BCUT2D eigenvalue weighted by atomic mass is 9.47. The van der Waals surface area contributed by atoms with Crippen LogP contribution in [-0.2, 0) is 9.53 Å². The molecule has 4 aliphatic carbocycles. The molecule has 4 unspecified atom stereocenters. The van der Waals surface area contributed by atoms with Crippen LogP contribution in [0.1, 0.15) is 169 Å². The molecule has 7 atom stereocenters. The molecule has 2 nitrogen and oxygen atoms in total. The smallest absolute Gasteiger partial charge is 0.306 e. The molecule has 0 N–H and O–H groups in total. The molecular weight excluding hydrogens is 464 g/mol. The van der Waals surface area contributed by atoms with E-state index in [9.17, 15) is 4.79 Å². The van der Waals surface area contributed by atoms with Gasteiger partial charge in [0, 0.05) is 12.8 Å². The second kappa shape index (κ2) is 14.2. The fourth-order valence-electron chi connectivity index (χ4n) is 9.78. The first-order chi connectivity index (χ1) is 18.4. The minimum absolute atomic E-state index is 0.0548. The van der Waals surface area contributed by atoms with Gasteiger partial charge in [0.05, 0.1) is 0 Å². The number of hydrogen-bond donors (Lipinski definition) is 0. The Morgan fingerprint density at radius 1 is 0.816 bits per heavy atom. The van der Waals surface area contributed by atoms with Crippen LogP contribution in [0, 0.1) is 34.5 Å². The first-order valence-corrected chi connectivity index (χ1v) is 17.3. The third kappa shape index (κ3) is 6.91. The van der Waals surface area contributed by atoms with Crippen molar-refractivity contribution in [1.82, 2.24) is 0 Å². The summed E-state index contributed by atoms with van der Waals surface area (Å²) in [5.41, 5.74) is 2.59. The normalized spacial score (nSPS) is 36.2. The van der Waals surface area contributed by atoms with Crippen LogP contribution in [0.2, 0.25) is 0 Å². The fourth-order valence-corrected chi connectivity index (χ4v) is 9.78. The van der Waals surface area contributed by atoms with Crippen molar-refractivity contribution in [2.24, 2.45) is 34.5 Å². The zero-order valence-electron chi connectivity index (χ0n) is 25.8. The summed E-state index contributed by atoms with van der Waals surface area (Å²) in [6.07, 6.45) is 31.2. The summed E-state index contributed by atoms with van der Waals surface area (Å²) in [6.45, 7) is 9.86. The van der Waals surface area contributed by atoms with E-state index in [1.165, 1.54) is 116 Å². The number of hydrogen-bond acceptors (Lipinski definition) is 2. The Hall–Kier alpha value is -0.790. The maximum Gasteiger partial charge on any atom is 0.306 e. The third-order valence-corrected chi connectivity index (χ3v) is 12.2. The lowest BCUT2D eigenvalue weighted by Crippen LogP contribution is -2.50. The molecule has 3 saturated carbocycles. The van der Waals surface area contributed by atoms with Crippen LogP contribution in [0.4, 0.5) is 0 Å². The molecule has 0 aliphatic heterocycles. The first-order valence-electron chi connectivity index (χ1n) is 17.3. The molecule has 0 amide bonds. The molecular formula is C36H62O2. The summed E-state index contributed by atoms with van der Waals surface area (Å²) < 4.78 is 6.04. The molecule has 0 aromatic carbocycles. The average molecular weight is 527 g/mol. The number of unbranched alkanes of at least 4 members (excludes halogenated alkanes) is 10. The van der Waals surface area contributed by atoms with Crippen molar-refractivity contribution < 1.29 is 9.53 Å². The monoisotopic (exact) mass is 526 g/mol. The van der Waals surface area contributed by atoms with Crippen molar-refractivity contribution in [3.63, 3.8) is 0 Å². The van der Waals surface area contributed by atoms with E-state index in [4.69, 9.17) is 4.74 Å². The average Bonchev–Trinajstić information content (AvgIpc) is 3.24. The minimum atomic E-state index is 0.0548. The molecule has 218 valence electrons. The van der Waals surface area contributed by atoms with Crippen molar-refractivity contribution in [2.75, 3.05) is 0 Å². The van der Waals surface area contributed by atoms with E-state index in [2.05, 4.69) is 33.8 Å². The van der Waals surface area contributed by atoms with Gasteiger partial charge in [-0.25, -0.2) is 0 Å².